The molecule has 0 radical (unpaired) electrons. The molecule has 0 saturated heterocycles. The summed E-state index contributed by atoms with van der Waals surface area (Å²) < 4.78 is 56.6. The van der Waals surface area contributed by atoms with Crippen LogP contribution in [-0.4, -0.2) is 42.9 Å². The van der Waals surface area contributed by atoms with E-state index in [0.29, 0.717) is 59.4 Å². The molecule has 3 aromatic heterocycles. The summed E-state index contributed by atoms with van der Waals surface area (Å²) in [7, 11) is 0. The molecule has 0 spiro atoms. The first-order valence-electron chi connectivity index (χ1n) is 13.9. The molecular formula is C30H30F4N6O4. The molecule has 3 N–H and O–H groups in total. The van der Waals surface area contributed by atoms with Crippen LogP contribution in [0.15, 0.2) is 48.9 Å². The van der Waals surface area contributed by atoms with E-state index in [-0.39, 0.29) is 18.0 Å². The van der Waals surface area contributed by atoms with Gasteiger partial charge in [-0.1, -0.05) is 19.1 Å². The number of anilines is 2. The van der Waals surface area contributed by atoms with Crippen LogP contribution in [0.3, 0.4) is 0 Å². The number of carboxylic acid groups (broad SMARTS) is 1. The van der Waals surface area contributed by atoms with Crippen LogP contribution in [-0.2, 0) is 21.2 Å². The summed E-state index contributed by atoms with van der Waals surface area (Å²) in [5.41, 5.74) is 4.98. The number of nitrogen functional groups attached to an aromatic ring is 1. The molecule has 1 aliphatic carbocycles. The van der Waals surface area contributed by atoms with Gasteiger partial charge in [-0.2, -0.15) is 18.2 Å². The Hall–Kier alpha value is -4.59. The van der Waals surface area contributed by atoms with E-state index < -0.39 is 46.1 Å². The molecular weight excluding hydrogens is 584 g/mol. The topological polar surface area (TPSA) is 136 Å². The maximum Gasteiger partial charge on any atom is 0.419 e. The fourth-order valence-corrected chi connectivity index (χ4v) is 5.51. The SMILES string of the molecule is CCON(C(=O)c1ccc(-c2nc(C3(C)CCC(C)(C(=O)O)CC3)n3ccnc(N)c23)cc1)c1nccc(C(F)(F)F)c1F. The Morgan fingerprint density at radius 3 is 2.32 bits per heavy atom. The molecule has 1 saturated carbocycles. The quantitative estimate of drug-likeness (QED) is 0.190. The first-order valence-corrected chi connectivity index (χ1v) is 13.9. The van der Waals surface area contributed by atoms with Gasteiger partial charge in [-0.15, -0.1) is 0 Å². The standard InChI is InChI=1S/C30H30F4N6O4/c1-4-44-40(24-20(31)19(9-14-37-24)30(32,33)34)25(41)18-7-5-17(6-8-18)21-22-23(35)36-15-16-39(22)26(38-21)28(2)10-12-29(3,13-11-28)27(42)43/h5-9,14-16H,4,10-13H2,1-3H3,(H2,35,36)(H,42,43). The molecule has 0 atom stereocenters. The molecule has 44 heavy (non-hydrogen) atoms. The Kier molecular flexibility index (Phi) is 7.82. The Bertz CT molecular complexity index is 1730. The number of amides is 1. The van der Waals surface area contributed by atoms with Crippen LogP contribution in [0, 0.1) is 11.2 Å². The average Bonchev–Trinajstić information content (AvgIpc) is 3.39. The lowest BCUT2D eigenvalue weighted by Crippen LogP contribution is -2.39. The van der Waals surface area contributed by atoms with Crippen molar-refractivity contribution in [3.05, 3.63) is 71.7 Å². The molecule has 1 fully saturated rings. The summed E-state index contributed by atoms with van der Waals surface area (Å²) in [6, 6.07) is 6.46. The molecule has 232 valence electrons. The Morgan fingerprint density at radius 1 is 1.07 bits per heavy atom. The molecule has 0 aliphatic heterocycles. The highest BCUT2D eigenvalue weighted by Crippen LogP contribution is 2.47. The van der Waals surface area contributed by atoms with Crippen molar-refractivity contribution >= 4 is 29.0 Å². The second-order valence-electron chi connectivity index (χ2n) is 11.3. The van der Waals surface area contributed by atoms with Gasteiger partial charge in [-0.25, -0.2) is 19.3 Å². The molecule has 1 amide bonds. The third kappa shape index (κ3) is 5.34. The Balaban J connectivity index is 1.51. The van der Waals surface area contributed by atoms with E-state index in [1.165, 1.54) is 19.1 Å². The fourth-order valence-electron chi connectivity index (χ4n) is 5.51. The zero-order valence-corrected chi connectivity index (χ0v) is 24.2. The van der Waals surface area contributed by atoms with Crippen LogP contribution in [0.2, 0.25) is 0 Å². The predicted octanol–water partition coefficient (Wildman–Crippen LogP) is 6.05. The lowest BCUT2D eigenvalue weighted by atomic mass is 9.65. The van der Waals surface area contributed by atoms with Crippen LogP contribution in [0.4, 0.5) is 29.2 Å². The first kappa shape index (κ1) is 30.9. The normalized spacial score (nSPS) is 20.5. The highest BCUT2D eigenvalue weighted by molar-refractivity contribution is 6.04. The largest absolute Gasteiger partial charge is 0.481 e. The number of pyridine rings is 1. The van der Waals surface area contributed by atoms with Gasteiger partial charge in [0.2, 0.25) is 0 Å². The smallest absolute Gasteiger partial charge is 0.419 e. The number of nitrogens with two attached hydrogens (primary N) is 1. The third-order valence-electron chi connectivity index (χ3n) is 8.31. The maximum atomic E-state index is 14.8. The predicted molar refractivity (Wildman–Crippen MR) is 152 cm³/mol. The minimum Gasteiger partial charge on any atom is -0.481 e. The number of alkyl halides is 3. The highest BCUT2D eigenvalue weighted by atomic mass is 19.4. The van der Waals surface area contributed by atoms with Crippen LogP contribution in [0.1, 0.15) is 68.2 Å². The van der Waals surface area contributed by atoms with Crippen molar-refractivity contribution < 1.29 is 37.1 Å². The number of fused-ring (bicyclic) bond motifs is 1. The molecule has 0 unspecified atom stereocenters. The van der Waals surface area contributed by atoms with Crippen molar-refractivity contribution in [2.24, 2.45) is 5.41 Å². The number of carboxylic acids is 1. The summed E-state index contributed by atoms with van der Waals surface area (Å²) in [4.78, 5) is 43.2. The number of halogens is 4. The van der Waals surface area contributed by atoms with Crippen molar-refractivity contribution in [2.75, 3.05) is 17.4 Å². The molecule has 1 aromatic carbocycles. The zero-order valence-electron chi connectivity index (χ0n) is 24.2. The molecule has 0 bridgehead atoms. The van der Waals surface area contributed by atoms with E-state index in [1.807, 2.05) is 11.3 Å². The number of carbonyl (C=O) groups excluding carboxylic acids is 1. The van der Waals surface area contributed by atoms with Gasteiger partial charge >= 0.3 is 12.1 Å². The van der Waals surface area contributed by atoms with Gasteiger partial charge in [0, 0.05) is 35.1 Å². The maximum absolute atomic E-state index is 14.8. The van der Waals surface area contributed by atoms with E-state index in [0.717, 1.165) is 6.20 Å². The number of rotatable bonds is 7. The van der Waals surface area contributed by atoms with Crippen molar-refractivity contribution in [1.29, 1.82) is 0 Å². The van der Waals surface area contributed by atoms with E-state index >= 15 is 0 Å². The number of carbonyl (C=O) groups is 2. The summed E-state index contributed by atoms with van der Waals surface area (Å²) >= 11 is 0. The Labute approximate surface area is 249 Å². The molecule has 5 rings (SSSR count). The van der Waals surface area contributed by atoms with E-state index in [9.17, 15) is 32.3 Å². The number of aromatic nitrogens is 4. The minimum absolute atomic E-state index is 0.0113. The summed E-state index contributed by atoms with van der Waals surface area (Å²) in [6.45, 7) is 5.12. The van der Waals surface area contributed by atoms with Gasteiger partial charge in [-0.3, -0.25) is 18.8 Å². The number of aliphatic carboxylic acids is 1. The van der Waals surface area contributed by atoms with Crippen LogP contribution in [0.5, 0.6) is 0 Å². The lowest BCUT2D eigenvalue weighted by Gasteiger charge is -2.40. The van der Waals surface area contributed by atoms with E-state index in [1.54, 1.807) is 31.5 Å². The van der Waals surface area contributed by atoms with Crippen molar-refractivity contribution in [3.63, 3.8) is 0 Å². The van der Waals surface area contributed by atoms with Crippen molar-refractivity contribution in [1.82, 2.24) is 19.4 Å². The second kappa shape index (κ2) is 11.2. The van der Waals surface area contributed by atoms with Gasteiger partial charge in [0.1, 0.15) is 22.9 Å². The molecule has 14 heteroatoms. The molecule has 10 nitrogen and oxygen atoms in total. The molecule has 4 aromatic rings. The summed E-state index contributed by atoms with van der Waals surface area (Å²) in [6.07, 6.45) is 1.14. The van der Waals surface area contributed by atoms with Gasteiger partial charge in [0.15, 0.2) is 11.6 Å². The molecule has 3 heterocycles. The number of hydrogen-bond acceptors (Lipinski definition) is 7. The van der Waals surface area contributed by atoms with Crippen molar-refractivity contribution in [2.45, 2.75) is 58.0 Å². The van der Waals surface area contributed by atoms with Gasteiger partial charge in [0.25, 0.3) is 5.91 Å². The number of imidazole rings is 1. The van der Waals surface area contributed by atoms with Crippen LogP contribution < -0.4 is 10.8 Å². The monoisotopic (exact) mass is 614 g/mol. The van der Waals surface area contributed by atoms with Crippen LogP contribution in [0.25, 0.3) is 16.8 Å². The number of nitrogens with zero attached hydrogens (tertiary/aromatic N) is 5. The number of benzene rings is 1. The first-order chi connectivity index (χ1) is 20.7. The van der Waals surface area contributed by atoms with E-state index in [2.05, 4.69) is 9.97 Å². The van der Waals surface area contributed by atoms with Gasteiger partial charge < -0.3 is 10.8 Å². The van der Waals surface area contributed by atoms with Crippen molar-refractivity contribution in [3.8, 4) is 11.3 Å². The molecule has 1 aliphatic rings. The van der Waals surface area contributed by atoms with Crippen LogP contribution >= 0.6 is 0 Å². The third-order valence-corrected chi connectivity index (χ3v) is 8.31. The Morgan fingerprint density at radius 2 is 1.73 bits per heavy atom. The number of hydrogen-bond donors (Lipinski definition) is 2. The second-order valence-corrected chi connectivity index (χ2v) is 11.3. The van der Waals surface area contributed by atoms with Gasteiger partial charge in [-0.05, 0) is 57.7 Å². The minimum atomic E-state index is -5.00. The fraction of sp³-hybridized carbons (Fsp3) is 0.367. The van der Waals surface area contributed by atoms with Gasteiger partial charge in [0.05, 0.1) is 17.6 Å². The summed E-state index contributed by atoms with van der Waals surface area (Å²) in [5, 5.41) is 10.1. The average molecular weight is 615 g/mol. The summed E-state index contributed by atoms with van der Waals surface area (Å²) in [5.74, 6) is -3.51. The van der Waals surface area contributed by atoms with E-state index in [4.69, 9.17) is 15.6 Å². The zero-order chi connectivity index (χ0) is 32.0. The highest BCUT2D eigenvalue weighted by Gasteiger charge is 2.45. The lowest BCUT2D eigenvalue weighted by molar-refractivity contribution is -0.150. The number of hydroxylamine groups is 1.